The molecule has 1 aromatic heterocycles. The van der Waals surface area contributed by atoms with Gasteiger partial charge in [0.2, 0.25) is 0 Å². The van der Waals surface area contributed by atoms with Crippen LogP contribution < -0.4 is 5.73 Å². The third-order valence-corrected chi connectivity index (χ3v) is 3.02. The molecular weight excluding hydrogens is 202 g/mol. The van der Waals surface area contributed by atoms with Gasteiger partial charge in [0.05, 0.1) is 18.8 Å². The highest BCUT2D eigenvalue weighted by atomic mass is 16.5. The van der Waals surface area contributed by atoms with E-state index in [1.165, 1.54) is 18.4 Å². The molecule has 0 radical (unpaired) electrons. The Bertz CT molecular complexity index is 305. The summed E-state index contributed by atoms with van der Waals surface area (Å²) in [7, 11) is 0. The molecule has 2 rings (SSSR count). The van der Waals surface area contributed by atoms with Crippen molar-refractivity contribution in [2.45, 2.75) is 44.8 Å². The van der Waals surface area contributed by atoms with E-state index in [1.54, 1.807) is 0 Å². The van der Waals surface area contributed by atoms with Crippen LogP contribution in [0, 0.1) is 0 Å². The van der Waals surface area contributed by atoms with E-state index in [1.807, 2.05) is 10.9 Å². The van der Waals surface area contributed by atoms with Gasteiger partial charge in [-0.15, -0.1) is 0 Å². The molecule has 0 unspecified atom stereocenters. The molecule has 1 aliphatic heterocycles. The lowest BCUT2D eigenvalue weighted by Crippen LogP contribution is -2.24. The molecule has 2 N–H and O–H groups in total. The van der Waals surface area contributed by atoms with Gasteiger partial charge < -0.3 is 10.5 Å². The number of hydrogen-bond acceptors (Lipinski definition) is 3. The van der Waals surface area contributed by atoms with Crippen molar-refractivity contribution in [2.24, 2.45) is 5.73 Å². The van der Waals surface area contributed by atoms with Crippen molar-refractivity contribution in [1.82, 2.24) is 9.78 Å². The second-order valence-corrected chi connectivity index (χ2v) is 4.45. The Balaban J connectivity index is 1.81. The maximum atomic E-state index is 5.69. The van der Waals surface area contributed by atoms with Gasteiger partial charge in [-0.2, -0.15) is 5.10 Å². The van der Waals surface area contributed by atoms with Crippen molar-refractivity contribution in [3.8, 4) is 0 Å². The van der Waals surface area contributed by atoms with Crippen LogP contribution in [0.3, 0.4) is 0 Å². The zero-order valence-electron chi connectivity index (χ0n) is 9.77. The maximum absolute atomic E-state index is 5.69. The van der Waals surface area contributed by atoms with Crippen LogP contribution in [-0.4, -0.2) is 29.0 Å². The molecule has 1 aromatic rings. The lowest BCUT2D eigenvalue weighted by atomic mass is 10.1. The lowest BCUT2D eigenvalue weighted by Gasteiger charge is -2.22. The summed E-state index contributed by atoms with van der Waals surface area (Å²) in [5.74, 6) is 0. The monoisotopic (exact) mass is 223 g/mol. The molecule has 0 aliphatic carbocycles. The van der Waals surface area contributed by atoms with Crippen molar-refractivity contribution in [1.29, 1.82) is 0 Å². The third kappa shape index (κ3) is 3.32. The van der Waals surface area contributed by atoms with Crippen LogP contribution in [-0.2, 0) is 17.7 Å². The molecule has 4 nitrogen and oxygen atoms in total. The first-order chi connectivity index (χ1) is 7.88. The molecule has 1 atom stereocenters. The summed E-state index contributed by atoms with van der Waals surface area (Å²) in [6.45, 7) is 2.55. The van der Waals surface area contributed by atoms with Gasteiger partial charge >= 0.3 is 0 Å². The Morgan fingerprint density at radius 1 is 1.50 bits per heavy atom. The number of aryl methyl sites for hydroxylation is 1. The molecule has 1 saturated heterocycles. The molecule has 0 aromatic carbocycles. The smallest absolute Gasteiger partial charge is 0.0770 e. The Labute approximate surface area is 96.8 Å². The Morgan fingerprint density at radius 3 is 3.19 bits per heavy atom. The molecule has 2 heterocycles. The molecule has 0 bridgehead atoms. The first-order valence-corrected chi connectivity index (χ1v) is 6.21. The fourth-order valence-electron chi connectivity index (χ4n) is 2.10. The second kappa shape index (κ2) is 6.01. The van der Waals surface area contributed by atoms with Crippen LogP contribution in [0.5, 0.6) is 0 Å². The standard InChI is InChI=1S/C12H21N3O/c13-6-3-4-11-8-14-15(9-11)10-12-5-1-2-7-16-12/h8-9,12H,1-7,10,13H2/t12-/m0/s1. The van der Waals surface area contributed by atoms with Crippen molar-refractivity contribution in [3.63, 3.8) is 0 Å². The Morgan fingerprint density at radius 2 is 2.44 bits per heavy atom. The van der Waals surface area contributed by atoms with Crippen molar-refractivity contribution >= 4 is 0 Å². The Kier molecular flexibility index (Phi) is 4.36. The van der Waals surface area contributed by atoms with Crippen LogP contribution >= 0.6 is 0 Å². The van der Waals surface area contributed by atoms with Crippen LogP contribution in [0.15, 0.2) is 12.4 Å². The number of nitrogens with zero attached hydrogens (tertiary/aromatic N) is 2. The molecule has 1 aliphatic rings. The molecule has 4 heteroatoms. The number of nitrogens with two attached hydrogens (primary N) is 1. The lowest BCUT2D eigenvalue weighted by molar-refractivity contribution is 0.00398. The largest absolute Gasteiger partial charge is 0.376 e. The van der Waals surface area contributed by atoms with Gasteiger partial charge in [-0.05, 0) is 44.2 Å². The Hall–Kier alpha value is -0.870. The van der Waals surface area contributed by atoms with Crippen molar-refractivity contribution in [2.75, 3.05) is 13.2 Å². The summed E-state index contributed by atoms with van der Waals surface area (Å²) in [5.41, 5.74) is 6.76. The predicted octanol–water partition coefficient (Wildman–Crippen LogP) is 1.34. The van der Waals surface area contributed by atoms with Gasteiger partial charge in [-0.1, -0.05) is 0 Å². The number of rotatable bonds is 5. The number of ether oxygens (including phenoxy) is 1. The summed E-state index contributed by atoms with van der Waals surface area (Å²) in [6, 6.07) is 0. The zero-order valence-corrected chi connectivity index (χ0v) is 9.77. The topological polar surface area (TPSA) is 53.1 Å². The molecule has 0 saturated carbocycles. The average Bonchev–Trinajstić information content (AvgIpc) is 2.75. The van der Waals surface area contributed by atoms with Gasteiger partial charge in [0.15, 0.2) is 0 Å². The minimum atomic E-state index is 0.357. The van der Waals surface area contributed by atoms with Gasteiger partial charge in [0.1, 0.15) is 0 Å². The van der Waals surface area contributed by atoms with Crippen LogP contribution in [0.2, 0.25) is 0 Å². The second-order valence-electron chi connectivity index (χ2n) is 4.45. The predicted molar refractivity (Wildman–Crippen MR) is 63.2 cm³/mol. The molecule has 16 heavy (non-hydrogen) atoms. The molecular formula is C12H21N3O. The third-order valence-electron chi connectivity index (χ3n) is 3.02. The number of hydrogen-bond donors (Lipinski definition) is 1. The van der Waals surface area contributed by atoms with E-state index in [0.29, 0.717) is 6.10 Å². The van der Waals surface area contributed by atoms with E-state index >= 15 is 0 Å². The molecule has 90 valence electrons. The van der Waals surface area contributed by atoms with Crippen LogP contribution in [0.25, 0.3) is 0 Å². The van der Waals surface area contributed by atoms with Crippen molar-refractivity contribution in [3.05, 3.63) is 18.0 Å². The van der Waals surface area contributed by atoms with E-state index in [2.05, 4.69) is 11.3 Å². The quantitative estimate of drug-likeness (QED) is 0.819. The first kappa shape index (κ1) is 11.6. The molecule has 1 fully saturated rings. The minimum absolute atomic E-state index is 0.357. The summed E-state index contributed by atoms with van der Waals surface area (Å²) in [4.78, 5) is 0. The van der Waals surface area contributed by atoms with E-state index in [0.717, 1.165) is 39.0 Å². The summed E-state index contributed by atoms with van der Waals surface area (Å²) in [6.07, 6.45) is 10.1. The fourth-order valence-corrected chi connectivity index (χ4v) is 2.10. The molecule has 0 amide bonds. The normalized spacial score (nSPS) is 21.2. The highest BCUT2D eigenvalue weighted by Crippen LogP contribution is 2.14. The van der Waals surface area contributed by atoms with Crippen molar-refractivity contribution < 1.29 is 4.74 Å². The van der Waals surface area contributed by atoms with Gasteiger partial charge in [-0.25, -0.2) is 0 Å². The fraction of sp³-hybridized carbons (Fsp3) is 0.750. The zero-order chi connectivity index (χ0) is 11.2. The van der Waals surface area contributed by atoms with E-state index in [9.17, 15) is 0 Å². The first-order valence-electron chi connectivity index (χ1n) is 6.21. The van der Waals surface area contributed by atoms with Crippen LogP contribution in [0.1, 0.15) is 31.2 Å². The summed E-state index contributed by atoms with van der Waals surface area (Å²) in [5, 5.41) is 4.36. The van der Waals surface area contributed by atoms with Gasteiger partial charge in [0.25, 0.3) is 0 Å². The van der Waals surface area contributed by atoms with E-state index < -0.39 is 0 Å². The van der Waals surface area contributed by atoms with E-state index in [4.69, 9.17) is 10.5 Å². The SMILES string of the molecule is NCCCc1cnn(C[C@@H]2CCCCO2)c1. The summed E-state index contributed by atoms with van der Waals surface area (Å²) < 4.78 is 7.69. The maximum Gasteiger partial charge on any atom is 0.0770 e. The highest BCUT2D eigenvalue weighted by molar-refractivity contribution is 5.03. The van der Waals surface area contributed by atoms with Gasteiger partial charge in [0, 0.05) is 12.8 Å². The average molecular weight is 223 g/mol. The van der Waals surface area contributed by atoms with Crippen LogP contribution in [0.4, 0.5) is 0 Å². The van der Waals surface area contributed by atoms with E-state index in [-0.39, 0.29) is 0 Å². The van der Waals surface area contributed by atoms with Gasteiger partial charge in [-0.3, -0.25) is 4.68 Å². The summed E-state index contributed by atoms with van der Waals surface area (Å²) >= 11 is 0. The minimum Gasteiger partial charge on any atom is -0.376 e. The highest BCUT2D eigenvalue weighted by Gasteiger charge is 2.14. The molecule has 0 spiro atoms. The number of aromatic nitrogens is 2.